The van der Waals surface area contributed by atoms with E-state index in [0.717, 1.165) is 41.5 Å². The van der Waals surface area contributed by atoms with Gasteiger partial charge in [-0.25, -0.2) is 0 Å². The van der Waals surface area contributed by atoms with Crippen molar-refractivity contribution in [1.29, 1.82) is 0 Å². The highest BCUT2D eigenvalue weighted by molar-refractivity contribution is 5.81. The second-order valence-electron chi connectivity index (χ2n) is 10.9. The first-order valence-electron chi connectivity index (χ1n) is 14.8. The molecule has 1 unspecified atom stereocenters. The fourth-order valence-electron chi connectivity index (χ4n) is 4.89. The van der Waals surface area contributed by atoms with Crippen LogP contribution in [0.2, 0.25) is 0 Å². The van der Waals surface area contributed by atoms with Crippen molar-refractivity contribution < 1.29 is 86.1 Å². The third kappa shape index (κ3) is 12.4. The van der Waals surface area contributed by atoms with Crippen LogP contribution in [0.25, 0.3) is 0 Å². The van der Waals surface area contributed by atoms with Gasteiger partial charge >= 0.3 is 35.8 Å². The molecule has 2 rings (SSSR count). The second kappa shape index (κ2) is 18.4. The fraction of sp³-hybridized carbons (Fsp3) is 0.724. The molecule has 2 aliphatic rings. The minimum absolute atomic E-state index is 0.216. The molecule has 0 aliphatic carbocycles. The highest BCUT2D eigenvalue weighted by atomic mass is 16.7. The summed E-state index contributed by atoms with van der Waals surface area (Å²) in [7, 11) is 0. The molecule has 2 aliphatic heterocycles. The average Bonchev–Trinajstić information content (AvgIpc) is 2.95. The Morgan fingerprint density at radius 3 is 1.52 bits per heavy atom. The minimum atomic E-state index is -2.01. The van der Waals surface area contributed by atoms with Gasteiger partial charge in [-0.15, -0.1) is 0 Å². The lowest BCUT2D eigenvalue weighted by molar-refractivity contribution is -0.344. The third-order valence-electron chi connectivity index (χ3n) is 6.67. The summed E-state index contributed by atoms with van der Waals surface area (Å²) in [5.74, 6) is -6.23. The molecule has 10 atom stereocenters. The van der Waals surface area contributed by atoms with Crippen LogP contribution >= 0.6 is 0 Å². The van der Waals surface area contributed by atoms with Crippen LogP contribution in [0.4, 0.5) is 0 Å². The predicted molar refractivity (Wildman–Crippen MR) is 152 cm³/mol. The monoisotopic (exact) mass is 691 g/mol. The summed E-state index contributed by atoms with van der Waals surface area (Å²) in [5, 5.41) is 13.5. The van der Waals surface area contributed by atoms with Crippen molar-refractivity contribution in [3.8, 4) is 0 Å². The summed E-state index contributed by atoms with van der Waals surface area (Å²) in [4.78, 5) is 96.5. The number of esters is 6. The normalized spacial score (nSPS) is 29.8. The Balaban J connectivity index is 2.69. The molecule has 19 nitrogen and oxygen atoms in total. The SMILES string of the molecule is CC(=O)CCC(=O)O[C@H]1C(O)O[C@H](COC(C)=O)[C@H](OC(C)=O)[C@@H]1O[C@H]1O[C@H](COC(C)=O)[C@H](OC(C)=O)[C@H](OC(C)=O)[C@H]1NC(C)=O. The molecule has 2 fully saturated rings. The molecule has 0 bridgehead atoms. The average molecular weight is 692 g/mol. The van der Waals surface area contributed by atoms with Gasteiger partial charge in [0.1, 0.15) is 43.4 Å². The first kappa shape index (κ1) is 40.0. The van der Waals surface area contributed by atoms with E-state index in [0.29, 0.717) is 0 Å². The molecule has 2 saturated heterocycles. The van der Waals surface area contributed by atoms with E-state index in [1.807, 2.05) is 0 Å². The van der Waals surface area contributed by atoms with Gasteiger partial charge in [0.05, 0.1) is 6.42 Å². The van der Waals surface area contributed by atoms with Crippen LogP contribution in [0.3, 0.4) is 0 Å². The molecule has 0 radical (unpaired) electrons. The van der Waals surface area contributed by atoms with Crippen molar-refractivity contribution in [2.24, 2.45) is 0 Å². The summed E-state index contributed by atoms with van der Waals surface area (Å²) in [6, 6.07) is -1.51. The molecule has 0 spiro atoms. The second-order valence-corrected chi connectivity index (χ2v) is 10.9. The zero-order valence-electron chi connectivity index (χ0n) is 27.5. The number of Topliss-reactive ketones (excluding diaryl/α,β-unsaturated/α-hetero) is 1. The number of aliphatic hydroxyl groups is 1. The molecule has 2 heterocycles. The van der Waals surface area contributed by atoms with Gasteiger partial charge in [0.15, 0.2) is 37.0 Å². The molecule has 0 saturated carbocycles. The Kier molecular flexibility index (Phi) is 15.3. The largest absolute Gasteiger partial charge is 0.463 e. The molecule has 19 heteroatoms. The van der Waals surface area contributed by atoms with Gasteiger partial charge < -0.3 is 57.8 Å². The van der Waals surface area contributed by atoms with E-state index < -0.39 is 123 Å². The smallest absolute Gasteiger partial charge is 0.306 e. The van der Waals surface area contributed by atoms with Crippen LogP contribution in [0.5, 0.6) is 0 Å². The minimum Gasteiger partial charge on any atom is -0.463 e. The zero-order chi connectivity index (χ0) is 36.3. The standard InChI is InChI=1S/C29H41NO18/c1-12(31)8-9-21(38)47-27-26(24(43-17(6)36)19(45-28(27)39)10-40-14(3)33)48-29-22(30-13(2)32)25(44-18(7)37)23(42-16(5)35)20(46-29)11-41-15(4)34/h19-20,22-29,39H,8-11H2,1-7H3,(H,30,32)/t19-,20-,22-,23+,24+,25-,26+,27-,28?,29-/m1/s1. The van der Waals surface area contributed by atoms with Gasteiger partial charge in [0.2, 0.25) is 5.91 Å². The van der Waals surface area contributed by atoms with E-state index in [-0.39, 0.29) is 12.2 Å². The van der Waals surface area contributed by atoms with Gasteiger partial charge in [0.25, 0.3) is 0 Å². The van der Waals surface area contributed by atoms with Crippen LogP contribution in [-0.2, 0) is 81.0 Å². The van der Waals surface area contributed by atoms with Gasteiger partial charge in [-0.2, -0.15) is 0 Å². The summed E-state index contributed by atoms with van der Waals surface area (Å²) >= 11 is 0. The van der Waals surface area contributed by atoms with Crippen molar-refractivity contribution in [1.82, 2.24) is 5.32 Å². The number of ketones is 1. The van der Waals surface area contributed by atoms with Crippen LogP contribution in [-0.4, -0.2) is 127 Å². The van der Waals surface area contributed by atoms with Crippen LogP contribution < -0.4 is 5.32 Å². The topological polar surface area (TPSA) is 252 Å². The Morgan fingerprint density at radius 1 is 0.583 bits per heavy atom. The van der Waals surface area contributed by atoms with Crippen LogP contribution in [0.15, 0.2) is 0 Å². The van der Waals surface area contributed by atoms with E-state index in [9.17, 15) is 43.5 Å². The number of carbonyl (C=O) groups is 8. The maximum Gasteiger partial charge on any atom is 0.306 e. The molecular weight excluding hydrogens is 650 g/mol. The number of aliphatic hydroxyl groups excluding tert-OH is 1. The molecule has 2 N–H and O–H groups in total. The highest BCUT2D eigenvalue weighted by Gasteiger charge is 2.56. The highest BCUT2D eigenvalue weighted by Crippen LogP contribution is 2.34. The van der Waals surface area contributed by atoms with E-state index in [1.165, 1.54) is 6.92 Å². The summed E-state index contributed by atoms with van der Waals surface area (Å²) in [5.41, 5.74) is 0. The fourth-order valence-corrected chi connectivity index (χ4v) is 4.89. The predicted octanol–water partition coefficient (Wildman–Crippen LogP) is -1.48. The van der Waals surface area contributed by atoms with Crippen molar-refractivity contribution in [2.45, 2.75) is 123 Å². The molecule has 48 heavy (non-hydrogen) atoms. The Hall–Kier alpha value is -4.20. The lowest BCUT2D eigenvalue weighted by Crippen LogP contribution is -2.69. The Bertz CT molecular complexity index is 1220. The lowest BCUT2D eigenvalue weighted by atomic mass is 9.94. The molecule has 270 valence electrons. The first-order chi connectivity index (χ1) is 22.4. The Labute approximate surface area is 275 Å². The molecule has 0 aromatic heterocycles. The van der Waals surface area contributed by atoms with Gasteiger partial charge in [-0.3, -0.25) is 33.6 Å². The number of rotatable bonds is 14. The Morgan fingerprint density at radius 2 is 1.06 bits per heavy atom. The maximum atomic E-state index is 12.7. The lowest BCUT2D eigenvalue weighted by Gasteiger charge is -2.48. The van der Waals surface area contributed by atoms with Crippen molar-refractivity contribution >= 4 is 47.5 Å². The summed E-state index contributed by atoms with van der Waals surface area (Å²) < 4.78 is 49.5. The maximum absolute atomic E-state index is 12.7. The number of hydrogen-bond donors (Lipinski definition) is 2. The summed E-state index contributed by atoms with van der Waals surface area (Å²) in [6.45, 7) is 6.44. The molecule has 1 amide bonds. The van der Waals surface area contributed by atoms with Gasteiger partial charge in [0, 0.05) is 48.0 Å². The van der Waals surface area contributed by atoms with E-state index >= 15 is 0 Å². The number of ether oxygens (including phenoxy) is 9. The summed E-state index contributed by atoms with van der Waals surface area (Å²) in [6.07, 6.45) is -15.5. The first-order valence-corrected chi connectivity index (χ1v) is 14.8. The molecular formula is C29H41NO18. The van der Waals surface area contributed by atoms with Crippen LogP contribution in [0, 0.1) is 0 Å². The number of nitrogens with one attached hydrogen (secondary N) is 1. The third-order valence-corrected chi connectivity index (χ3v) is 6.67. The van der Waals surface area contributed by atoms with E-state index in [1.54, 1.807) is 0 Å². The van der Waals surface area contributed by atoms with Crippen molar-refractivity contribution in [3.05, 3.63) is 0 Å². The quantitative estimate of drug-likeness (QED) is 0.156. The van der Waals surface area contributed by atoms with Crippen molar-refractivity contribution in [3.63, 3.8) is 0 Å². The number of amides is 1. The van der Waals surface area contributed by atoms with Gasteiger partial charge in [-0.1, -0.05) is 0 Å². The van der Waals surface area contributed by atoms with Crippen molar-refractivity contribution in [2.75, 3.05) is 13.2 Å². The van der Waals surface area contributed by atoms with Gasteiger partial charge in [-0.05, 0) is 6.92 Å². The number of hydrogen-bond acceptors (Lipinski definition) is 18. The molecule has 0 aromatic carbocycles. The van der Waals surface area contributed by atoms with Crippen LogP contribution in [0.1, 0.15) is 61.3 Å². The van der Waals surface area contributed by atoms with E-state index in [2.05, 4.69) is 5.32 Å². The zero-order valence-corrected chi connectivity index (χ0v) is 27.5. The number of carbonyl (C=O) groups excluding carboxylic acids is 8. The van der Waals surface area contributed by atoms with E-state index in [4.69, 9.17) is 42.6 Å². The molecule has 0 aromatic rings.